The molecule has 164 valence electrons. The Morgan fingerprint density at radius 3 is 2.34 bits per heavy atom. The highest BCUT2D eigenvalue weighted by molar-refractivity contribution is 5.49. The van der Waals surface area contributed by atoms with Crippen molar-refractivity contribution in [3.05, 3.63) is 107 Å². The minimum Gasteiger partial charge on any atom is -0.497 e. The van der Waals surface area contributed by atoms with Crippen LogP contribution in [-0.4, -0.2) is 31.6 Å². The number of likely N-dealkylation sites (tertiary alicyclic amines) is 1. The molecule has 0 aromatic heterocycles. The van der Waals surface area contributed by atoms with Crippen LogP contribution in [0.3, 0.4) is 0 Å². The van der Waals surface area contributed by atoms with Gasteiger partial charge in [-0.05, 0) is 84.6 Å². The fourth-order valence-electron chi connectivity index (χ4n) is 5.60. The van der Waals surface area contributed by atoms with Crippen LogP contribution in [0.5, 0.6) is 5.75 Å². The predicted molar refractivity (Wildman–Crippen MR) is 133 cm³/mol. The topological polar surface area (TPSA) is 12.5 Å². The minimum atomic E-state index is 0.473. The predicted octanol–water partition coefficient (Wildman–Crippen LogP) is 6.35. The third-order valence-electron chi connectivity index (χ3n) is 7.32. The molecular formula is C30H33NO. The number of piperidine rings is 1. The average Bonchev–Trinajstić information content (AvgIpc) is 3.01. The molecule has 2 heteroatoms. The van der Waals surface area contributed by atoms with Crippen LogP contribution < -0.4 is 4.74 Å². The van der Waals surface area contributed by atoms with Crippen molar-refractivity contribution in [2.75, 3.05) is 26.7 Å². The third-order valence-corrected chi connectivity index (χ3v) is 7.32. The molecule has 2 nitrogen and oxygen atoms in total. The zero-order valence-electron chi connectivity index (χ0n) is 19.0. The van der Waals surface area contributed by atoms with Crippen LogP contribution in [0, 0.1) is 5.92 Å². The fraction of sp³-hybridized carbons (Fsp3) is 0.333. The van der Waals surface area contributed by atoms with Gasteiger partial charge in [-0.25, -0.2) is 0 Å². The Kier molecular flexibility index (Phi) is 6.41. The Labute approximate surface area is 192 Å². The number of hydrogen-bond acceptors (Lipinski definition) is 2. The number of fused-ring (bicyclic) bond motifs is 2. The quantitative estimate of drug-likeness (QED) is 0.474. The first-order valence-electron chi connectivity index (χ1n) is 12.0. The van der Waals surface area contributed by atoms with E-state index in [9.17, 15) is 0 Å². The summed E-state index contributed by atoms with van der Waals surface area (Å²) in [4.78, 5) is 2.60. The molecule has 0 bridgehead atoms. The summed E-state index contributed by atoms with van der Waals surface area (Å²) in [6.07, 6.45) is 9.31. The van der Waals surface area contributed by atoms with Gasteiger partial charge in [0.15, 0.2) is 0 Å². The van der Waals surface area contributed by atoms with Gasteiger partial charge in [0, 0.05) is 12.5 Å². The molecule has 1 unspecified atom stereocenters. The number of rotatable bonds is 5. The summed E-state index contributed by atoms with van der Waals surface area (Å²) in [5.41, 5.74) is 7.35. The highest BCUT2D eigenvalue weighted by atomic mass is 16.5. The van der Waals surface area contributed by atoms with Gasteiger partial charge in [0.25, 0.3) is 0 Å². The second-order valence-electron chi connectivity index (χ2n) is 9.19. The molecule has 32 heavy (non-hydrogen) atoms. The Balaban J connectivity index is 1.34. The SMILES string of the molecule is COc1ccc2c(c1)C(C1CCN(C/C=C/c3ccccc3)CC1)c1ccccc1CC2. The lowest BCUT2D eigenvalue weighted by atomic mass is 9.74. The highest BCUT2D eigenvalue weighted by Crippen LogP contribution is 2.44. The molecule has 1 fully saturated rings. The van der Waals surface area contributed by atoms with E-state index in [4.69, 9.17) is 4.74 Å². The van der Waals surface area contributed by atoms with Crippen molar-refractivity contribution >= 4 is 6.08 Å². The highest BCUT2D eigenvalue weighted by Gasteiger charge is 2.32. The largest absolute Gasteiger partial charge is 0.497 e. The summed E-state index contributed by atoms with van der Waals surface area (Å²) in [5.74, 6) is 2.13. The van der Waals surface area contributed by atoms with Gasteiger partial charge in [-0.15, -0.1) is 0 Å². The zero-order chi connectivity index (χ0) is 21.8. The van der Waals surface area contributed by atoms with E-state index in [1.54, 1.807) is 12.7 Å². The summed E-state index contributed by atoms with van der Waals surface area (Å²) in [6.45, 7) is 3.37. The van der Waals surface area contributed by atoms with E-state index in [1.807, 2.05) is 0 Å². The standard InChI is InChI=1S/C30H33NO/c1-32-27-16-15-25-14-13-24-11-5-6-12-28(24)30(29(25)22-27)26-17-20-31(21-18-26)19-7-10-23-8-3-2-4-9-23/h2-12,15-16,22,26,30H,13-14,17-21H2,1H3/b10-7+. The van der Waals surface area contributed by atoms with Gasteiger partial charge in [0.05, 0.1) is 7.11 Å². The van der Waals surface area contributed by atoms with E-state index in [0.717, 1.165) is 25.1 Å². The van der Waals surface area contributed by atoms with Crippen LogP contribution in [0.1, 0.15) is 46.6 Å². The number of aryl methyl sites for hydroxylation is 2. The number of ether oxygens (including phenoxy) is 1. The van der Waals surface area contributed by atoms with Crippen LogP contribution >= 0.6 is 0 Å². The van der Waals surface area contributed by atoms with Gasteiger partial charge in [-0.1, -0.05) is 72.8 Å². The number of hydrogen-bond donors (Lipinski definition) is 0. The normalized spacial score (nSPS) is 19.3. The monoisotopic (exact) mass is 423 g/mol. The molecule has 2 aliphatic rings. The number of benzene rings is 3. The van der Waals surface area contributed by atoms with Gasteiger partial charge in [-0.3, -0.25) is 4.90 Å². The van der Waals surface area contributed by atoms with E-state index in [2.05, 4.69) is 89.8 Å². The van der Waals surface area contributed by atoms with Crippen molar-refractivity contribution in [1.82, 2.24) is 4.90 Å². The van der Waals surface area contributed by atoms with E-state index < -0.39 is 0 Å². The van der Waals surface area contributed by atoms with Crippen molar-refractivity contribution in [2.24, 2.45) is 5.92 Å². The van der Waals surface area contributed by atoms with Gasteiger partial charge in [0.1, 0.15) is 5.75 Å². The third kappa shape index (κ3) is 4.52. The van der Waals surface area contributed by atoms with Crippen molar-refractivity contribution in [1.29, 1.82) is 0 Å². The first kappa shape index (κ1) is 21.0. The van der Waals surface area contributed by atoms with Gasteiger partial charge < -0.3 is 4.74 Å². The smallest absolute Gasteiger partial charge is 0.119 e. The lowest BCUT2D eigenvalue weighted by Gasteiger charge is -2.37. The number of methoxy groups -OCH3 is 1. The molecule has 0 N–H and O–H groups in total. The molecule has 5 rings (SSSR count). The van der Waals surface area contributed by atoms with Crippen molar-refractivity contribution < 1.29 is 4.74 Å². The average molecular weight is 424 g/mol. The summed E-state index contributed by atoms with van der Waals surface area (Å²) >= 11 is 0. The van der Waals surface area contributed by atoms with Crippen molar-refractivity contribution in [3.63, 3.8) is 0 Å². The Hall–Kier alpha value is -2.84. The van der Waals surface area contributed by atoms with Crippen molar-refractivity contribution in [3.8, 4) is 5.75 Å². The molecule has 1 atom stereocenters. The lowest BCUT2D eigenvalue weighted by molar-refractivity contribution is 0.190. The molecule has 3 aromatic carbocycles. The van der Waals surface area contributed by atoms with Crippen LogP contribution in [0.15, 0.2) is 78.9 Å². The molecule has 0 saturated carbocycles. The Bertz CT molecular complexity index is 1060. The summed E-state index contributed by atoms with van der Waals surface area (Å²) in [7, 11) is 1.78. The summed E-state index contributed by atoms with van der Waals surface area (Å²) < 4.78 is 5.63. The molecule has 1 aliphatic heterocycles. The molecule has 0 radical (unpaired) electrons. The second-order valence-corrected chi connectivity index (χ2v) is 9.19. The maximum atomic E-state index is 5.63. The van der Waals surface area contributed by atoms with Gasteiger partial charge >= 0.3 is 0 Å². The van der Waals surface area contributed by atoms with Crippen LogP contribution in [0.25, 0.3) is 6.08 Å². The Morgan fingerprint density at radius 1 is 0.844 bits per heavy atom. The molecule has 1 heterocycles. The minimum absolute atomic E-state index is 0.473. The van der Waals surface area contributed by atoms with E-state index in [0.29, 0.717) is 11.8 Å². The number of nitrogens with zero attached hydrogens (tertiary/aromatic N) is 1. The lowest BCUT2D eigenvalue weighted by Crippen LogP contribution is -2.36. The first-order chi connectivity index (χ1) is 15.8. The van der Waals surface area contributed by atoms with Crippen LogP contribution in [0.2, 0.25) is 0 Å². The van der Waals surface area contributed by atoms with Gasteiger partial charge in [0.2, 0.25) is 0 Å². The fourth-order valence-corrected chi connectivity index (χ4v) is 5.60. The maximum Gasteiger partial charge on any atom is 0.119 e. The first-order valence-corrected chi connectivity index (χ1v) is 12.0. The molecular weight excluding hydrogens is 390 g/mol. The Morgan fingerprint density at radius 2 is 1.56 bits per heavy atom. The summed E-state index contributed by atoms with van der Waals surface area (Å²) in [5, 5.41) is 0. The zero-order valence-corrected chi connectivity index (χ0v) is 19.0. The van der Waals surface area contributed by atoms with Crippen molar-refractivity contribution in [2.45, 2.75) is 31.6 Å². The second kappa shape index (κ2) is 9.75. The molecule has 1 aliphatic carbocycles. The van der Waals surface area contributed by atoms with E-state index >= 15 is 0 Å². The molecule has 0 amide bonds. The molecule has 3 aromatic rings. The molecule has 1 saturated heterocycles. The van der Waals surface area contributed by atoms with E-state index in [-0.39, 0.29) is 0 Å². The van der Waals surface area contributed by atoms with E-state index in [1.165, 1.54) is 48.2 Å². The summed E-state index contributed by atoms with van der Waals surface area (Å²) in [6, 6.07) is 26.5. The van der Waals surface area contributed by atoms with Gasteiger partial charge in [-0.2, -0.15) is 0 Å². The van der Waals surface area contributed by atoms with Crippen LogP contribution in [-0.2, 0) is 12.8 Å². The maximum absolute atomic E-state index is 5.63. The molecule has 0 spiro atoms. The van der Waals surface area contributed by atoms with Crippen LogP contribution in [0.4, 0.5) is 0 Å².